The first kappa shape index (κ1) is 16.7. The van der Waals surface area contributed by atoms with Gasteiger partial charge >= 0.3 is 0 Å². The zero-order valence-corrected chi connectivity index (χ0v) is 12.1. The van der Waals surface area contributed by atoms with Crippen molar-refractivity contribution in [3.63, 3.8) is 0 Å². The molecule has 0 saturated heterocycles. The summed E-state index contributed by atoms with van der Waals surface area (Å²) < 4.78 is 10.0. The molecule has 2 N–H and O–H groups in total. The van der Waals surface area contributed by atoms with Crippen molar-refractivity contribution >= 4 is 11.6 Å². The summed E-state index contributed by atoms with van der Waals surface area (Å²) in [6.45, 7) is 1.61. The van der Waals surface area contributed by atoms with E-state index in [0.29, 0.717) is 6.42 Å². The van der Waals surface area contributed by atoms with Crippen molar-refractivity contribution in [2.75, 3.05) is 20.8 Å². The number of rotatable bonds is 7. The number of carbonyl (C=O) groups excluding carboxylic acids is 1. The van der Waals surface area contributed by atoms with Gasteiger partial charge in [0.05, 0.1) is 25.2 Å². The van der Waals surface area contributed by atoms with E-state index in [0.717, 1.165) is 6.07 Å². The van der Waals surface area contributed by atoms with Crippen LogP contribution < -0.4 is 14.8 Å². The zero-order valence-electron chi connectivity index (χ0n) is 12.1. The Balaban J connectivity index is 3.20. The van der Waals surface area contributed by atoms with Crippen molar-refractivity contribution < 1.29 is 24.3 Å². The first-order valence-electron chi connectivity index (χ1n) is 6.26. The number of nitro groups is 1. The number of nitrogens with zero attached hydrogens (tertiary/aromatic N) is 1. The summed E-state index contributed by atoms with van der Waals surface area (Å²) in [4.78, 5) is 22.6. The summed E-state index contributed by atoms with van der Waals surface area (Å²) >= 11 is 0. The highest BCUT2D eigenvalue weighted by Gasteiger charge is 2.25. The van der Waals surface area contributed by atoms with Crippen LogP contribution in [0.2, 0.25) is 0 Å². The van der Waals surface area contributed by atoms with E-state index in [1.165, 1.54) is 20.3 Å². The van der Waals surface area contributed by atoms with E-state index in [9.17, 15) is 14.9 Å². The normalized spacial score (nSPS) is 11.6. The smallest absolute Gasteiger partial charge is 0.286 e. The van der Waals surface area contributed by atoms with Crippen molar-refractivity contribution in [2.45, 2.75) is 19.4 Å². The van der Waals surface area contributed by atoms with E-state index in [1.807, 2.05) is 0 Å². The maximum absolute atomic E-state index is 12.1. The molecular weight excluding hydrogens is 280 g/mol. The van der Waals surface area contributed by atoms with Gasteiger partial charge in [-0.25, -0.2) is 0 Å². The van der Waals surface area contributed by atoms with E-state index >= 15 is 0 Å². The summed E-state index contributed by atoms with van der Waals surface area (Å²) in [6.07, 6.45) is 0.354. The average molecular weight is 298 g/mol. The van der Waals surface area contributed by atoms with Crippen molar-refractivity contribution in [1.29, 1.82) is 0 Å². The molecule has 0 aliphatic heterocycles. The van der Waals surface area contributed by atoms with Crippen LogP contribution in [0, 0.1) is 10.1 Å². The standard InChI is InChI=1S/C13H18N2O6/c1-8(4-5-16)14-13(17)9-6-11(20-2)12(21-3)7-10(9)15(18)19/h6-8,16H,4-5H2,1-3H3,(H,14,17). The first-order valence-corrected chi connectivity index (χ1v) is 6.26. The first-order chi connectivity index (χ1) is 9.94. The summed E-state index contributed by atoms with van der Waals surface area (Å²) in [5, 5.41) is 22.5. The van der Waals surface area contributed by atoms with Gasteiger partial charge in [-0.05, 0) is 13.3 Å². The third-order valence-corrected chi connectivity index (χ3v) is 2.88. The molecule has 0 aromatic heterocycles. The van der Waals surface area contributed by atoms with Crippen molar-refractivity contribution in [3.8, 4) is 11.5 Å². The molecule has 1 unspecified atom stereocenters. The lowest BCUT2D eigenvalue weighted by Gasteiger charge is -2.14. The van der Waals surface area contributed by atoms with Crippen LogP contribution in [0.15, 0.2) is 12.1 Å². The van der Waals surface area contributed by atoms with Crippen LogP contribution >= 0.6 is 0 Å². The Bertz CT molecular complexity index is 532. The van der Waals surface area contributed by atoms with Crippen LogP contribution in [-0.4, -0.2) is 42.8 Å². The number of hydrogen-bond donors (Lipinski definition) is 2. The van der Waals surface area contributed by atoms with Crippen molar-refractivity contribution in [2.24, 2.45) is 0 Å². The van der Waals surface area contributed by atoms with Crippen LogP contribution in [0.25, 0.3) is 0 Å². The summed E-state index contributed by atoms with van der Waals surface area (Å²) in [6, 6.07) is 2.10. The van der Waals surface area contributed by atoms with Crippen molar-refractivity contribution in [1.82, 2.24) is 5.32 Å². The van der Waals surface area contributed by atoms with E-state index in [2.05, 4.69) is 5.32 Å². The number of amides is 1. The second-order valence-corrected chi connectivity index (χ2v) is 4.37. The van der Waals surface area contributed by atoms with Crippen LogP contribution in [-0.2, 0) is 0 Å². The third kappa shape index (κ3) is 4.06. The van der Waals surface area contributed by atoms with Gasteiger partial charge in [0.2, 0.25) is 0 Å². The Hall–Kier alpha value is -2.35. The molecule has 0 saturated carbocycles. The van der Waals surface area contributed by atoms with Gasteiger partial charge in [-0.15, -0.1) is 0 Å². The van der Waals surface area contributed by atoms with E-state index < -0.39 is 10.8 Å². The molecule has 8 heteroatoms. The molecule has 0 bridgehead atoms. The van der Waals surface area contributed by atoms with Gasteiger partial charge in [0.15, 0.2) is 11.5 Å². The average Bonchev–Trinajstić information content (AvgIpc) is 2.45. The summed E-state index contributed by atoms with van der Waals surface area (Å²) in [7, 11) is 2.73. The maximum Gasteiger partial charge on any atom is 0.286 e. The number of aliphatic hydroxyl groups excluding tert-OH is 1. The molecule has 8 nitrogen and oxygen atoms in total. The van der Waals surface area contributed by atoms with E-state index in [4.69, 9.17) is 14.6 Å². The number of hydrogen-bond acceptors (Lipinski definition) is 6. The highest BCUT2D eigenvalue weighted by molar-refractivity contribution is 5.99. The Morgan fingerprint density at radius 1 is 1.38 bits per heavy atom. The van der Waals surface area contributed by atoms with Crippen LogP contribution in [0.3, 0.4) is 0 Å². The molecule has 0 aliphatic rings. The number of benzene rings is 1. The van der Waals surface area contributed by atoms with Gasteiger partial charge in [0.1, 0.15) is 5.56 Å². The SMILES string of the molecule is COc1cc(C(=O)NC(C)CCO)c([N+](=O)[O-])cc1OC. The fraction of sp³-hybridized carbons (Fsp3) is 0.462. The van der Waals surface area contributed by atoms with Crippen molar-refractivity contribution in [3.05, 3.63) is 27.8 Å². The van der Waals surface area contributed by atoms with E-state index in [-0.39, 0.29) is 35.4 Å². The quantitative estimate of drug-likeness (QED) is 0.576. The third-order valence-electron chi connectivity index (χ3n) is 2.88. The molecule has 1 rings (SSSR count). The predicted octanol–water partition coefficient (Wildman–Crippen LogP) is 1.11. The molecule has 0 aliphatic carbocycles. The molecule has 0 heterocycles. The predicted molar refractivity (Wildman–Crippen MR) is 74.8 cm³/mol. The Labute approximate surface area is 121 Å². The molecule has 1 atom stereocenters. The van der Waals surface area contributed by atoms with Gasteiger partial charge in [-0.3, -0.25) is 14.9 Å². The number of ether oxygens (including phenoxy) is 2. The fourth-order valence-electron chi connectivity index (χ4n) is 1.77. The summed E-state index contributed by atoms with van der Waals surface area (Å²) in [5.74, 6) is -0.212. The molecule has 0 fully saturated rings. The molecular formula is C13H18N2O6. The minimum absolute atomic E-state index is 0.0878. The molecule has 1 aromatic rings. The zero-order chi connectivity index (χ0) is 16.0. The van der Waals surface area contributed by atoms with Gasteiger partial charge in [0.25, 0.3) is 11.6 Å². The Morgan fingerprint density at radius 2 is 1.95 bits per heavy atom. The van der Waals surface area contributed by atoms with Gasteiger partial charge in [-0.2, -0.15) is 0 Å². The fourth-order valence-corrected chi connectivity index (χ4v) is 1.77. The molecule has 0 spiro atoms. The number of nitro benzene ring substituents is 1. The highest BCUT2D eigenvalue weighted by atomic mass is 16.6. The molecule has 1 amide bonds. The minimum atomic E-state index is -0.659. The van der Waals surface area contributed by atoms with Gasteiger partial charge in [-0.1, -0.05) is 0 Å². The van der Waals surface area contributed by atoms with Crippen LogP contribution in [0.5, 0.6) is 11.5 Å². The topological polar surface area (TPSA) is 111 Å². The van der Waals surface area contributed by atoms with Gasteiger partial charge in [0, 0.05) is 18.7 Å². The monoisotopic (exact) mass is 298 g/mol. The Morgan fingerprint density at radius 3 is 2.43 bits per heavy atom. The molecule has 0 radical (unpaired) electrons. The lowest BCUT2D eigenvalue weighted by atomic mass is 10.1. The number of methoxy groups -OCH3 is 2. The number of carbonyl (C=O) groups is 1. The lowest BCUT2D eigenvalue weighted by Crippen LogP contribution is -2.33. The number of nitrogens with one attached hydrogen (secondary N) is 1. The van der Waals surface area contributed by atoms with Crippen LogP contribution in [0.4, 0.5) is 5.69 Å². The second-order valence-electron chi connectivity index (χ2n) is 4.37. The van der Waals surface area contributed by atoms with E-state index in [1.54, 1.807) is 6.92 Å². The molecule has 116 valence electrons. The minimum Gasteiger partial charge on any atom is -0.493 e. The molecule has 1 aromatic carbocycles. The summed E-state index contributed by atoms with van der Waals surface area (Å²) in [5.41, 5.74) is -0.496. The Kier molecular flexibility index (Phi) is 5.92. The molecule has 21 heavy (non-hydrogen) atoms. The highest BCUT2D eigenvalue weighted by Crippen LogP contribution is 2.34. The van der Waals surface area contributed by atoms with Crippen LogP contribution in [0.1, 0.15) is 23.7 Å². The largest absolute Gasteiger partial charge is 0.493 e. The second kappa shape index (κ2) is 7.44. The maximum atomic E-state index is 12.1. The van der Waals surface area contributed by atoms with Gasteiger partial charge < -0.3 is 19.9 Å². The lowest BCUT2D eigenvalue weighted by molar-refractivity contribution is -0.385. The number of aliphatic hydroxyl groups is 1.